The maximum atomic E-state index is 10.3. The van der Waals surface area contributed by atoms with Gasteiger partial charge in [-0.05, 0) is 12.5 Å². The minimum atomic E-state index is -0.818. The summed E-state index contributed by atoms with van der Waals surface area (Å²) in [4.78, 5) is 0. The fourth-order valence-electron chi connectivity index (χ4n) is 1.77. The van der Waals surface area contributed by atoms with Gasteiger partial charge in [-0.1, -0.05) is 6.92 Å². The van der Waals surface area contributed by atoms with Crippen LogP contribution in [0.15, 0.2) is 0 Å². The Bertz CT molecular complexity index is 165. The van der Waals surface area contributed by atoms with E-state index in [-0.39, 0.29) is 12.0 Å². The molecule has 1 aliphatic rings. The zero-order chi connectivity index (χ0) is 9.90. The number of methoxy groups -OCH3 is 1. The molecule has 13 heavy (non-hydrogen) atoms. The van der Waals surface area contributed by atoms with Gasteiger partial charge in [0, 0.05) is 20.1 Å². The van der Waals surface area contributed by atoms with Crippen LogP contribution in [0.25, 0.3) is 0 Å². The van der Waals surface area contributed by atoms with Crippen molar-refractivity contribution < 1.29 is 14.6 Å². The maximum absolute atomic E-state index is 10.3. The van der Waals surface area contributed by atoms with E-state index < -0.39 is 5.60 Å². The van der Waals surface area contributed by atoms with Crippen LogP contribution in [0.1, 0.15) is 13.3 Å². The van der Waals surface area contributed by atoms with Gasteiger partial charge in [0.25, 0.3) is 0 Å². The Kier molecular flexibility index (Phi) is 3.67. The molecule has 0 amide bonds. The molecule has 0 aromatic heterocycles. The molecule has 0 bridgehead atoms. The standard InChI is InChI=1S/C9H19NO3/c1-7(5-10)9(11)3-4-13-6-8(9)12-2/h7-8,11H,3-6,10H2,1-2H3. The maximum Gasteiger partial charge on any atom is 0.109 e. The van der Waals surface area contributed by atoms with Crippen LogP contribution in [0.2, 0.25) is 0 Å². The van der Waals surface area contributed by atoms with E-state index in [1.807, 2.05) is 6.92 Å². The van der Waals surface area contributed by atoms with Crippen molar-refractivity contribution in [2.24, 2.45) is 11.7 Å². The summed E-state index contributed by atoms with van der Waals surface area (Å²) in [7, 11) is 1.59. The molecule has 3 atom stereocenters. The molecule has 0 aliphatic carbocycles. The Labute approximate surface area is 79.0 Å². The Balaban J connectivity index is 2.70. The van der Waals surface area contributed by atoms with Gasteiger partial charge in [0.15, 0.2) is 0 Å². The molecule has 3 unspecified atom stereocenters. The third kappa shape index (κ3) is 2.02. The Hall–Kier alpha value is -0.160. The number of ether oxygens (including phenoxy) is 2. The summed E-state index contributed by atoms with van der Waals surface area (Å²) in [6.45, 7) is 3.45. The van der Waals surface area contributed by atoms with E-state index >= 15 is 0 Å². The third-order valence-electron chi connectivity index (χ3n) is 2.97. The van der Waals surface area contributed by atoms with Crippen LogP contribution in [0.4, 0.5) is 0 Å². The number of hydrogen-bond donors (Lipinski definition) is 2. The molecule has 1 rings (SSSR count). The van der Waals surface area contributed by atoms with E-state index in [0.29, 0.717) is 26.2 Å². The van der Waals surface area contributed by atoms with E-state index in [1.54, 1.807) is 7.11 Å². The van der Waals surface area contributed by atoms with Crippen LogP contribution in [0, 0.1) is 5.92 Å². The van der Waals surface area contributed by atoms with E-state index in [9.17, 15) is 5.11 Å². The molecule has 1 fully saturated rings. The predicted molar refractivity (Wildman–Crippen MR) is 49.4 cm³/mol. The van der Waals surface area contributed by atoms with Gasteiger partial charge in [0.2, 0.25) is 0 Å². The zero-order valence-electron chi connectivity index (χ0n) is 8.32. The second-order valence-corrected chi connectivity index (χ2v) is 3.68. The summed E-state index contributed by atoms with van der Waals surface area (Å²) < 4.78 is 10.4. The summed E-state index contributed by atoms with van der Waals surface area (Å²) in [5.41, 5.74) is 4.73. The number of hydrogen-bond acceptors (Lipinski definition) is 4. The van der Waals surface area contributed by atoms with E-state index in [4.69, 9.17) is 15.2 Å². The van der Waals surface area contributed by atoms with Crippen molar-refractivity contribution in [3.05, 3.63) is 0 Å². The van der Waals surface area contributed by atoms with Crippen LogP contribution in [0.3, 0.4) is 0 Å². The predicted octanol–water partition coefficient (Wildman–Crippen LogP) is -0.252. The average Bonchev–Trinajstić information content (AvgIpc) is 2.17. The lowest BCUT2D eigenvalue weighted by Crippen LogP contribution is -2.56. The van der Waals surface area contributed by atoms with Crippen LogP contribution in [-0.2, 0) is 9.47 Å². The van der Waals surface area contributed by atoms with Crippen molar-refractivity contribution in [1.29, 1.82) is 0 Å². The van der Waals surface area contributed by atoms with Gasteiger partial charge >= 0.3 is 0 Å². The van der Waals surface area contributed by atoms with Crippen LogP contribution >= 0.6 is 0 Å². The summed E-state index contributed by atoms with van der Waals surface area (Å²) in [5.74, 6) is 0.0429. The first-order valence-electron chi connectivity index (χ1n) is 4.68. The zero-order valence-corrected chi connectivity index (χ0v) is 8.32. The summed E-state index contributed by atoms with van der Waals surface area (Å²) in [6, 6.07) is 0. The van der Waals surface area contributed by atoms with Crippen molar-refractivity contribution in [3.8, 4) is 0 Å². The van der Waals surface area contributed by atoms with Gasteiger partial charge in [0.1, 0.15) is 6.10 Å². The monoisotopic (exact) mass is 189 g/mol. The summed E-state index contributed by atoms with van der Waals surface area (Å²) in [5, 5.41) is 10.3. The highest BCUT2D eigenvalue weighted by atomic mass is 16.5. The first kappa shape index (κ1) is 10.9. The average molecular weight is 189 g/mol. The van der Waals surface area contributed by atoms with Crippen LogP contribution in [-0.4, -0.2) is 43.7 Å². The highest BCUT2D eigenvalue weighted by Crippen LogP contribution is 2.30. The lowest BCUT2D eigenvalue weighted by Gasteiger charge is -2.42. The lowest BCUT2D eigenvalue weighted by atomic mass is 9.80. The molecule has 3 N–H and O–H groups in total. The first-order chi connectivity index (χ1) is 6.15. The van der Waals surface area contributed by atoms with Crippen molar-refractivity contribution in [3.63, 3.8) is 0 Å². The van der Waals surface area contributed by atoms with Gasteiger partial charge in [-0.2, -0.15) is 0 Å². The SMILES string of the molecule is COC1COCCC1(O)C(C)CN. The van der Waals surface area contributed by atoms with E-state index in [1.165, 1.54) is 0 Å². The largest absolute Gasteiger partial charge is 0.387 e. The first-order valence-corrected chi connectivity index (χ1v) is 4.68. The topological polar surface area (TPSA) is 64.7 Å². The van der Waals surface area contributed by atoms with Crippen molar-refractivity contribution in [2.45, 2.75) is 25.0 Å². The molecule has 0 radical (unpaired) electrons. The smallest absolute Gasteiger partial charge is 0.109 e. The Morgan fingerprint density at radius 1 is 1.77 bits per heavy atom. The molecular formula is C9H19NO3. The molecule has 4 nitrogen and oxygen atoms in total. The molecule has 0 saturated carbocycles. The third-order valence-corrected chi connectivity index (χ3v) is 2.97. The highest BCUT2D eigenvalue weighted by molar-refractivity contribution is 4.94. The Morgan fingerprint density at radius 2 is 2.46 bits per heavy atom. The van der Waals surface area contributed by atoms with Gasteiger partial charge in [-0.25, -0.2) is 0 Å². The van der Waals surface area contributed by atoms with Crippen molar-refractivity contribution in [1.82, 2.24) is 0 Å². The minimum Gasteiger partial charge on any atom is -0.387 e. The lowest BCUT2D eigenvalue weighted by molar-refractivity contribution is -0.185. The number of aliphatic hydroxyl groups is 1. The minimum absolute atomic E-state index is 0.0429. The second kappa shape index (κ2) is 4.37. The highest BCUT2D eigenvalue weighted by Gasteiger charge is 2.43. The molecule has 1 aliphatic heterocycles. The molecule has 0 spiro atoms. The summed E-state index contributed by atoms with van der Waals surface area (Å²) >= 11 is 0. The molecular weight excluding hydrogens is 170 g/mol. The fourth-order valence-corrected chi connectivity index (χ4v) is 1.77. The quantitative estimate of drug-likeness (QED) is 0.642. The molecule has 0 aromatic carbocycles. The summed E-state index contributed by atoms with van der Waals surface area (Å²) in [6.07, 6.45) is 0.351. The molecule has 0 aromatic rings. The van der Waals surface area contributed by atoms with Crippen LogP contribution < -0.4 is 5.73 Å². The van der Waals surface area contributed by atoms with E-state index in [0.717, 1.165) is 0 Å². The molecule has 1 heterocycles. The number of rotatable bonds is 3. The Morgan fingerprint density at radius 3 is 3.00 bits per heavy atom. The normalized spacial score (nSPS) is 37.4. The molecule has 4 heteroatoms. The fraction of sp³-hybridized carbons (Fsp3) is 1.00. The van der Waals surface area contributed by atoms with Crippen LogP contribution in [0.5, 0.6) is 0 Å². The van der Waals surface area contributed by atoms with Gasteiger partial charge < -0.3 is 20.3 Å². The number of nitrogens with two attached hydrogens (primary N) is 1. The van der Waals surface area contributed by atoms with Gasteiger partial charge in [-0.15, -0.1) is 0 Å². The molecule has 1 saturated heterocycles. The molecule has 78 valence electrons. The van der Waals surface area contributed by atoms with E-state index in [2.05, 4.69) is 0 Å². The second-order valence-electron chi connectivity index (χ2n) is 3.68. The van der Waals surface area contributed by atoms with Gasteiger partial charge in [0.05, 0.1) is 12.2 Å². The van der Waals surface area contributed by atoms with Crippen molar-refractivity contribution >= 4 is 0 Å². The van der Waals surface area contributed by atoms with Gasteiger partial charge in [-0.3, -0.25) is 0 Å². The van der Waals surface area contributed by atoms with Crippen molar-refractivity contribution in [2.75, 3.05) is 26.9 Å².